The number of benzene rings is 1. The molecule has 4 aliphatic carbocycles. The van der Waals surface area contributed by atoms with Gasteiger partial charge in [0.1, 0.15) is 18.2 Å². The van der Waals surface area contributed by atoms with Crippen LogP contribution in [0.15, 0.2) is 53.1 Å². The first-order valence-corrected chi connectivity index (χ1v) is 12.1. The highest BCUT2D eigenvalue weighted by molar-refractivity contribution is 5.94. The Hall–Kier alpha value is -2.67. The standard InChI is InChI=1S/C28H31NO3/c1-28-14-13-22-21-10-8-20(30)15-19(21)7-9-23(22)25(28)11-12-26(28)24(16-29)27(31)32-17-18-5-3-2-4-6-18/h2-6,15,21-23,25H,7-14,17H2,1H3/b26-24+/t21-,22+,23+,25-,28-/m0/s1. The molecule has 0 unspecified atom stereocenters. The molecule has 0 radical (unpaired) electrons. The number of fused-ring (bicyclic) bond motifs is 5. The van der Waals surface area contributed by atoms with Gasteiger partial charge in [-0.2, -0.15) is 5.26 Å². The Morgan fingerprint density at radius 2 is 1.91 bits per heavy atom. The molecule has 0 spiro atoms. The van der Waals surface area contributed by atoms with Crippen molar-refractivity contribution in [2.75, 3.05) is 0 Å². The number of nitriles is 1. The van der Waals surface area contributed by atoms with Crippen molar-refractivity contribution in [3.63, 3.8) is 0 Å². The van der Waals surface area contributed by atoms with E-state index in [1.165, 1.54) is 5.57 Å². The third-order valence-electron chi connectivity index (χ3n) is 8.91. The fourth-order valence-electron chi connectivity index (χ4n) is 7.44. The minimum Gasteiger partial charge on any atom is -0.457 e. The van der Waals surface area contributed by atoms with Gasteiger partial charge in [-0.1, -0.05) is 42.8 Å². The van der Waals surface area contributed by atoms with Gasteiger partial charge >= 0.3 is 5.97 Å². The van der Waals surface area contributed by atoms with Crippen LogP contribution in [0.3, 0.4) is 0 Å². The Balaban J connectivity index is 1.37. The van der Waals surface area contributed by atoms with Crippen molar-refractivity contribution in [3.05, 3.63) is 58.7 Å². The third-order valence-corrected chi connectivity index (χ3v) is 8.91. The summed E-state index contributed by atoms with van der Waals surface area (Å²) in [7, 11) is 0. The number of allylic oxidation sites excluding steroid dienone is 2. The molecule has 1 aromatic rings. The van der Waals surface area contributed by atoms with Gasteiger partial charge < -0.3 is 4.74 Å². The van der Waals surface area contributed by atoms with Gasteiger partial charge in [0, 0.05) is 6.42 Å². The molecule has 0 amide bonds. The molecule has 0 bridgehead atoms. The number of carbonyl (C=O) groups is 2. The molecule has 5 rings (SSSR count). The highest BCUT2D eigenvalue weighted by Crippen LogP contribution is 2.64. The summed E-state index contributed by atoms with van der Waals surface area (Å²) in [5, 5.41) is 9.92. The van der Waals surface area contributed by atoms with Crippen LogP contribution in [0.2, 0.25) is 0 Å². The first kappa shape index (κ1) is 21.2. The summed E-state index contributed by atoms with van der Waals surface area (Å²) in [5.74, 6) is 2.18. The van der Waals surface area contributed by atoms with E-state index in [0.29, 0.717) is 35.9 Å². The van der Waals surface area contributed by atoms with Crippen LogP contribution in [0, 0.1) is 40.4 Å². The maximum atomic E-state index is 12.9. The molecule has 4 nitrogen and oxygen atoms in total. The lowest BCUT2D eigenvalue weighted by Crippen LogP contribution is -2.45. The molecule has 4 aliphatic rings. The predicted octanol–water partition coefficient (Wildman–Crippen LogP) is 5.69. The van der Waals surface area contributed by atoms with Gasteiger partial charge in [0.15, 0.2) is 5.78 Å². The monoisotopic (exact) mass is 429 g/mol. The Morgan fingerprint density at radius 3 is 2.69 bits per heavy atom. The zero-order valence-corrected chi connectivity index (χ0v) is 18.8. The van der Waals surface area contributed by atoms with Crippen LogP contribution in [0.25, 0.3) is 0 Å². The first-order valence-electron chi connectivity index (χ1n) is 12.1. The van der Waals surface area contributed by atoms with Gasteiger partial charge in [0.05, 0.1) is 0 Å². The summed E-state index contributed by atoms with van der Waals surface area (Å²) < 4.78 is 5.55. The molecule has 166 valence electrons. The normalized spacial score (nSPS) is 35.0. The van der Waals surface area contributed by atoms with Crippen LogP contribution in [-0.4, -0.2) is 11.8 Å². The maximum Gasteiger partial charge on any atom is 0.349 e. The van der Waals surface area contributed by atoms with Crippen molar-refractivity contribution in [1.29, 1.82) is 5.26 Å². The van der Waals surface area contributed by atoms with E-state index in [9.17, 15) is 14.9 Å². The van der Waals surface area contributed by atoms with Crippen molar-refractivity contribution >= 4 is 11.8 Å². The molecule has 3 saturated carbocycles. The molecular formula is C28H31NO3. The molecular weight excluding hydrogens is 398 g/mol. The number of rotatable bonds is 3. The highest BCUT2D eigenvalue weighted by Gasteiger charge is 2.55. The lowest BCUT2D eigenvalue weighted by Gasteiger charge is -2.53. The molecule has 0 aromatic heterocycles. The molecule has 0 heterocycles. The lowest BCUT2D eigenvalue weighted by molar-refractivity contribution is -0.140. The van der Waals surface area contributed by atoms with Crippen LogP contribution in [0.1, 0.15) is 63.9 Å². The fraction of sp³-hybridized carbons (Fsp3) is 0.536. The van der Waals surface area contributed by atoms with Gasteiger partial charge in [-0.25, -0.2) is 4.79 Å². The third kappa shape index (κ3) is 3.52. The van der Waals surface area contributed by atoms with Crippen LogP contribution in [0.5, 0.6) is 0 Å². The van der Waals surface area contributed by atoms with E-state index in [2.05, 4.69) is 13.0 Å². The largest absolute Gasteiger partial charge is 0.457 e. The second-order valence-corrected chi connectivity index (χ2v) is 10.3. The molecule has 3 fully saturated rings. The number of esters is 1. The number of hydrogen-bond donors (Lipinski definition) is 0. The summed E-state index contributed by atoms with van der Waals surface area (Å²) in [6.45, 7) is 2.48. The van der Waals surface area contributed by atoms with E-state index < -0.39 is 5.97 Å². The van der Waals surface area contributed by atoms with E-state index in [1.807, 2.05) is 36.4 Å². The predicted molar refractivity (Wildman–Crippen MR) is 121 cm³/mol. The van der Waals surface area contributed by atoms with E-state index in [-0.39, 0.29) is 17.6 Å². The van der Waals surface area contributed by atoms with E-state index in [0.717, 1.165) is 56.1 Å². The Morgan fingerprint density at radius 1 is 1.09 bits per heavy atom. The second-order valence-electron chi connectivity index (χ2n) is 10.3. The highest BCUT2D eigenvalue weighted by atomic mass is 16.5. The number of hydrogen-bond acceptors (Lipinski definition) is 4. The van der Waals surface area contributed by atoms with Gasteiger partial charge in [0.25, 0.3) is 0 Å². The molecule has 4 heteroatoms. The summed E-state index contributed by atoms with van der Waals surface area (Å²) >= 11 is 0. The molecule has 5 atom stereocenters. The smallest absolute Gasteiger partial charge is 0.349 e. The van der Waals surface area contributed by atoms with Crippen LogP contribution in [-0.2, 0) is 20.9 Å². The zero-order chi connectivity index (χ0) is 22.3. The van der Waals surface area contributed by atoms with E-state index in [1.54, 1.807) is 0 Å². The second kappa shape index (κ2) is 8.35. The minimum atomic E-state index is -0.477. The lowest BCUT2D eigenvalue weighted by atomic mass is 9.52. The Labute approximate surface area is 190 Å². The summed E-state index contributed by atoms with van der Waals surface area (Å²) in [6, 6.07) is 11.8. The van der Waals surface area contributed by atoms with Crippen LogP contribution in [0.4, 0.5) is 0 Å². The quantitative estimate of drug-likeness (QED) is 0.352. The van der Waals surface area contributed by atoms with Crippen molar-refractivity contribution in [2.24, 2.45) is 29.1 Å². The average Bonchev–Trinajstić information content (AvgIpc) is 3.15. The number of ketones is 1. The van der Waals surface area contributed by atoms with Crippen LogP contribution >= 0.6 is 0 Å². The van der Waals surface area contributed by atoms with Crippen molar-refractivity contribution in [3.8, 4) is 6.07 Å². The van der Waals surface area contributed by atoms with Crippen LogP contribution < -0.4 is 0 Å². The van der Waals surface area contributed by atoms with E-state index in [4.69, 9.17) is 4.74 Å². The van der Waals surface area contributed by atoms with Gasteiger partial charge in [-0.3, -0.25) is 4.79 Å². The minimum absolute atomic E-state index is 0.0936. The summed E-state index contributed by atoms with van der Waals surface area (Å²) in [5.41, 5.74) is 3.49. The zero-order valence-electron chi connectivity index (χ0n) is 18.8. The van der Waals surface area contributed by atoms with Gasteiger partial charge in [-0.15, -0.1) is 0 Å². The number of ether oxygens (including phenoxy) is 1. The van der Waals surface area contributed by atoms with Gasteiger partial charge in [0.2, 0.25) is 0 Å². The topological polar surface area (TPSA) is 67.2 Å². The van der Waals surface area contributed by atoms with Crippen molar-refractivity contribution < 1.29 is 14.3 Å². The Bertz CT molecular complexity index is 1030. The number of nitrogens with zero attached hydrogens (tertiary/aromatic N) is 1. The maximum absolute atomic E-state index is 12.9. The fourth-order valence-corrected chi connectivity index (χ4v) is 7.44. The molecule has 0 N–H and O–H groups in total. The SMILES string of the molecule is C[C@]12CC[C@H]3[C@@H](CCC4=CC(=O)CC[C@@H]43)[C@@H]1CC/C2=C(/C#N)C(=O)OCc1ccccc1. The molecule has 0 saturated heterocycles. The average molecular weight is 430 g/mol. The molecule has 32 heavy (non-hydrogen) atoms. The first-order chi connectivity index (χ1) is 15.5. The Kier molecular flexibility index (Phi) is 5.53. The molecule has 0 aliphatic heterocycles. The summed E-state index contributed by atoms with van der Waals surface area (Å²) in [4.78, 5) is 24.8. The molecule has 1 aromatic carbocycles. The van der Waals surface area contributed by atoms with Crippen molar-refractivity contribution in [1.82, 2.24) is 0 Å². The summed E-state index contributed by atoms with van der Waals surface area (Å²) in [6.07, 6.45) is 9.81. The van der Waals surface area contributed by atoms with Crippen molar-refractivity contribution in [2.45, 2.75) is 64.9 Å². The van der Waals surface area contributed by atoms with E-state index >= 15 is 0 Å². The van der Waals surface area contributed by atoms with Gasteiger partial charge in [-0.05, 0) is 91.2 Å². The number of carbonyl (C=O) groups excluding carboxylic acids is 2.